The predicted molar refractivity (Wildman–Crippen MR) is 107 cm³/mol. The Morgan fingerprint density at radius 3 is 2.70 bits per heavy atom. The zero-order valence-electron chi connectivity index (χ0n) is 15.7. The third-order valence-corrected chi connectivity index (χ3v) is 4.89. The first-order chi connectivity index (χ1) is 13.0. The summed E-state index contributed by atoms with van der Waals surface area (Å²) in [6, 6.07) is 6.31. The Kier molecular flexibility index (Phi) is 4.45. The van der Waals surface area contributed by atoms with E-state index in [-0.39, 0.29) is 0 Å². The Balaban J connectivity index is 1.71. The van der Waals surface area contributed by atoms with Gasteiger partial charge in [-0.05, 0) is 29.3 Å². The van der Waals surface area contributed by atoms with Crippen LogP contribution in [-0.2, 0) is 18.8 Å². The Hall–Kier alpha value is -3.06. The number of hydrogen-bond acceptors (Lipinski definition) is 5. The van der Waals surface area contributed by atoms with Crippen LogP contribution in [0.1, 0.15) is 5.69 Å². The molecule has 0 bridgehead atoms. The van der Waals surface area contributed by atoms with Crippen molar-refractivity contribution < 1.29 is 4.74 Å². The Morgan fingerprint density at radius 1 is 1.22 bits per heavy atom. The number of nitrogens with two attached hydrogens (primary N) is 1. The monoisotopic (exact) mass is 364 g/mol. The summed E-state index contributed by atoms with van der Waals surface area (Å²) < 4.78 is 9.06. The van der Waals surface area contributed by atoms with Crippen LogP contribution in [0.25, 0.3) is 27.6 Å². The maximum absolute atomic E-state index is 6.29. The molecule has 0 amide bonds. The quantitative estimate of drug-likeness (QED) is 0.718. The maximum Gasteiger partial charge on any atom is 0.0997 e. The van der Waals surface area contributed by atoms with E-state index in [0.717, 1.165) is 46.4 Å². The second-order valence-electron chi connectivity index (χ2n) is 6.80. The van der Waals surface area contributed by atoms with Crippen molar-refractivity contribution in [1.29, 1.82) is 0 Å². The zero-order chi connectivity index (χ0) is 19.0. The van der Waals surface area contributed by atoms with Crippen molar-refractivity contribution in [3.63, 3.8) is 0 Å². The highest BCUT2D eigenvalue weighted by Crippen LogP contribution is 2.29. The lowest BCUT2D eigenvalue weighted by molar-refractivity contribution is 0.0530. The molecule has 0 atom stereocenters. The van der Waals surface area contributed by atoms with Gasteiger partial charge in [0, 0.05) is 44.3 Å². The standard InChI is InChI=1S/C20H24N6O/c1-14(10-19(21)26-6-8-27-9-7-26)20-17-11-15(16-12-22-24(2)13-16)4-5-18(17)25(3)23-20/h4-5,10-13H,1,6-9,21H2,2-3H3/b19-10+. The van der Waals surface area contributed by atoms with Crippen LogP contribution in [0.3, 0.4) is 0 Å². The van der Waals surface area contributed by atoms with E-state index >= 15 is 0 Å². The average molecular weight is 364 g/mol. The van der Waals surface area contributed by atoms with Gasteiger partial charge in [-0.3, -0.25) is 9.36 Å². The highest BCUT2D eigenvalue weighted by atomic mass is 16.5. The molecule has 3 aromatic rings. The molecule has 3 heterocycles. The molecule has 2 N–H and O–H groups in total. The van der Waals surface area contributed by atoms with Gasteiger partial charge in [-0.15, -0.1) is 0 Å². The Bertz CT molecular complexity index is 1020. The molecule has 1 aliphatic rings. The van der Waals surface area contributed by atoms with Crippen molar-refractivity contribution in [2.75, 3.05) is 26.3 Å². The van der Waals surface area contributed by atoms with E-state index in [9.17, 15) is 0 Å². The number of rotatable bonds is 4. The van der Waals surface area contributed by atoms with E-state index in [2.05, 4.69) is 39.9 Å². The minimum absolute atomic E-state index is 0.696. The van der Waals surface area contributed by atoms with Crippen LogP contribution >= 0.6 is 0 Å². The number of aryl methyl sites for hydroxylation is 2. The fourth-order valence-corrected chi connectivity index (χ4v) is 3.41. The van der Waals surface area contributed by atoms with E-state index in [0.29, 0.717) is 19.0 Å². The van der Waals surface area contributed by atoms with Gasteiger partial charge in [-0.1, -0.05) is 12.6 Å². The van der Waals surface area contributed by atoms with E-state index in [4.69, 9.17) is 10.5 Å². The molecule has 1 aliphatic heterocycles. The van der Waals surface area contributed by atoms with Gasteiger partial charge in [0.05, 0.1) is 36.4 Å². The largest absolute Gasteiger partial charge is 0.385 e. The molecular formula is C20H24N6O. The van der Waals surface area contributed by atoms with Gasteiger partial charge in [0.2, 0.25) is 0 Å². The van der Waals surface area contributed by atoms with Crippen LogP contribution in [0.2, 0.25) is 0 Å². The smallest absolute Gasteiger partial charge is 0.0997 e. The van der Waals surface area contributed by atoms with Gasteiger partial charge < -0.3 is 15.4 Å². The molecular weight excluding hydrogens is 340 g/mol. The molecule has 0 saturated carbocycles. The zero-order valence-corrected chi connectivity index (χ0v) is 15.7. The second-order valence-corrected chi connectivity index (χ2v) is 6.80. The van der Waals surface area contributed by atoms with Crippen molar-refractivity contribution in [2.24, 2.45) is 19.8 Å². The lowest BCUT2D eigenvalue weighted by Gasteiger charge is -2.28. The molecule has 1 fully saturated rings. The van der Waals surface area contributed by atoms with E-state index < -0.39 is 0 Å². The van der Waals surface area contributed by atoms with Crippen molar-refractivity contribution in [3.05, 3.63) is 54.8 Å². The van der Waals surface area contributed by atoms with E-state index in [1.54, 1.807) is 4.68 Å². The number of fused-ring (bicyclic) bond motifs is 1. The summed E-state index contributed by atoms with van der Waals surface area (Å²) in [7, 11) is 3.86. The van der Waals surface area contributed by atoms with Crippen LogP contribution in [0.15, 0.2) is 49.1 Å². The van der Waals surface area contributed by atoms with Crippen LogP contribution in [-0.4, -0.2) is 50.8 Å². The number of hydrogen-bond donors (Lipinski definition) is 1. The van der Waals surface area contributed by atoms with Gasteiger partial charge in [0.25, 0.3) is 0 Å². The third-order valence-electron chi connectivity index (χ3n) is 4.89. The summed E-state index contributed by atoms with van der Waals surface area (Å²) in [5.41, 5.74) is 11.2. The SMILES string of the molecule is C=C(/C=C(\N)N1CCOCC1)c1nn(C)c2ccc(-c3cnn(C)c3)cc12. The van der Waals surface area contributed by atoms with Gasteiger partial charge in [0.15, 0.2) is 0 Å². The van der Waals surface area contributed by atoms with Crippen LogP contribution in [0, 0.1) is 0 Å². The van der Waals surface area contributed by atoms with E-state index in [1.165, 1.54) is 0 Å². The lowest BCUT2D eigenvalue weighted by Crippen LogP contribution is -2.38. The Morgan fingerprint density at radius 2 is 2.00 bits per heavy atom. The molecule has 4 rings (SSSR count). The van der Waals surface area contributed by atoms with Crippen molar-refractivity contribution in [3.8, 4) is 11.1 Å². The fraction of sp³-hybridized carbons (Fsp3) is 0.300. The number of ether oxygens (including phenoxy) is 1. The molecule has 0 aliphatic carbocycles. The summed E-state index contributed by atoms with van der Waals surface area (Å²) in [6.07, 6.45) is 5.77. The van der Waals surface area contributed by atoms with Crippen molar-refractivity contribution >= 4 is 16.5 Å². The van der Waals surface area contributed by atoms with Gasteiger partial charge >= 0.3 is 0 Å². The maximum atomic E-state index is 6.29. The first-order valence-electron chi connectivity index (χ1n) is 8.98. The summed E-state index contributed by atoms with van der Waals surface area (Å²) >= 11 is 0. The molecule has 0 unspecified atom stereocenters. The first-order valence-corrected chi connectivity index (χ1v) is 8.98. The molecule has 1 aromatic carbocycles. The highest BCUT2D eigenvalue weighted by molar-refractivity contribution is 5.95. The van der Waals surface area contributed by atoms with Crippen LogP contribution < -0.4 is 5.73 Å². The van der Waals surface area contributed by atoms with Gasteiger partial charge in [-0.2, -0.15) is 10.2 Å². The van der Waals surface area contributed by atoms with E-state index in [1.807, 2.05) is 37.2 Å². The molecule has 1 saturated heterocycles. The molecule has 7 heteroatoms. The predicted octanol–water partition coefficient (Wildman–Crippen LogP) is 2.12. The average Bonchev–Trinajstić information content (AvgIpc) is 3.26. The molecule has 2 aromatic heterocycles. The Labute approximate surface area is 158 Å². The topological polar surface area (TPSA) is 74.1 Å². The first kappa shape index (κ1) is 17.4. The lowest BCUT2D eigenvalue weighted by atomic mass is 10.0. The number of allylic oxidation sites excluding steroid dienone is 2. The van der Waals surface area contributed by atoms with Gasteiger partial charge in [0.1, 0.15) is 0 Å². The minimum atomic E-state index is 0.696. The van der Waals surface area contributed by atoms with Crippen molar-refractivity contribution in [1.82, 2.24) is 24.5 Å². The summed E-state index contributed by atoms with van der Waals surface area (Å²) in [5.74, 6) is 0.700. The summed E-state index contributed by atoms with van der Waals surface area (Å²) in [5, 5.41) is 10.00. The van der Waals surface area contributed by atoms with Crippen LogP contribution in [0.5, 0.6) is 0 Å². The molecule has 0 spiro atoms. The minimum Gasteiger partial charge on any atom is -0.385 e. The van der Waals surface area contributed by atoms with Crippen molar-refractivity contribution in [2.45, 2.75) is 0 Å². The number of aromatic nitrogens is 4. The summed E-state index contributed by atoms with van der Waals surface area (Å²) in [6.45, 7) is 7.21. The fourth-order valence-electron chi connectivity index (χ4n) is 3.41. The normalized spacial score (nSPS) is 15.5. The number of nitrogens with zero attached hydrogens (tertiary/aromatic N) is 5. The summed E-state index contributed by atoms with van der Waals surface area (Å²) in [4.78, 5) is 2.11. The molecule has 140 valence electrons. The third kappa shape index (κ3) is 3.33. The van der Waals surface area contributed by atoms with Crippen LogP contribution in [0.4, 0.5) is 0 Å². The second kappa shape index (κ2) is 6.92. The highest BCUT2D eigenvalue weighted by Gasteiger charge is 2.15. The van der Waals surface area contributed by atoms with Gasteiger partial charge in [-0.25, -0.2) is 0 Å². The molecule has 7 nitrogen and oxygen atoms in total. The molecule has 27 heavy (non-hydrogen) atoms. The number of morpholine rings is 1. The number of benzene rings is 1. The molecule has 0 radical (unpaired) electrons.